The summed E-state index contributed by atoms with van der Waals surface area (Å²) in [4.78, 5) is 4.76. The highest BCUT2D eigenvalue weighted by Crippen LogP contribution is 2.54. The molecule has 0 radical (unpaired) electrons. The molecular weight excluding hydrogens is 272 g/mol. The molecule has 7 unspecified atom stereocenters. The molecular formula is C19H32N2O. The molecule has 3 saturated carbocycles. The summed E-state index contributed by atoms with van der Waals surface area (Å²) in [5.74, 6) is 3.49. The Morgan fingerprint density at radius 2 is 1.77 bits per heavy atom. The second-order valence-corrected chi connectivity index (χ2v) is 8.68. The molecule has 7 atom stereocenters. The van der Waals surface area contributed by atoms with Gasteiger partial charge in [-0.05, 0) is 55.8 Å². The molecule has 3 aliphatic carbocycles. The van der Waals surface area contributed by atoms with E-state index in [1.54, 1.807) is 0 Å². The van der Waals surface area contributed by atoms with Gasteiger partial charge in [0.25, 0.3) is 0 Å². The number of hydrogen-bond donors (Lipinski definition) is 2. The van der Waals surface area contributed by atoms with E-state index in [9.17, 15) is 5.11 Å². The Bertz CT molecular complexity index is 460. The molecule has 124 valence electrons. The van der Waals surface area contributed by atoms with Crippen molar-refractivity contribution in [1.29, 1.82) is 0 Å². The number of fused-ring (bicyclic) bond motifs is 2. The first-order valence-corrected chi connectivity index (χ1v) is 9.66. The maximum Gasteiger partial charge on any atom is 0.129 e. The van der Waals surface area contributed by atoms with Gasteiger partial charge in [0, 0.05) is 5.92 Å². The number of nitrogens with zero attached hydrogens (tertiary/aromatic N) is 1. The zero-order valence-electron chi connectivity index (χ0n) is 14.0. The summed E-state index contributed by atoms with van der Waals surface area (Å²) in [7, 11) is 0. The first-order chi connectivity index (χ1) is 10.6. The zero-order chi connectivity index (χ0) is 15.3. The molecule has 0 aromatic heterocycles. The van der Waals surface area contributed by atoms with Crippen molar-refractivity contribution in [3.8, 4) is 0 Å². The third-order valence-electron chi connectivity index (χ3n) is 7.50. The summed E-state index contributed by atoms with van der Waals surface area (Å²) >= 11 is 0. The first kappa shape index (κ1) is 15.0. The molecule has 4 rings (SSSR count). The van der Waals surface area contributed by atoms with Gasteiger partial charge in [0.15, 0.2) is 0 Å². The fourth-order valence-corrected chi connectivity index (χ4v) is 6.41. The van der Waals surface area contributed by atoms with Crippen molar-refractivity contribution in [2.45, 2.75) is 82.8 Å². The minimum atomic E-state index is -0.792. The number of aliphatic imine (C=N–C) groups is 1. The minimum Gasteiger partial charge on any atom is -0.385 e. The van der Waals surface area contributed by atoms with Crippen molar-refractivity contribution in [1.82, 2.24) is 0 Å². The van der Waals surface area contributed by atoms with Crippen LogP contribution in [0.15, 0.2) is 4.99 Å². The smallest absolute Gasteiger partial charge is 0.129 e. The van der Waals surface area contributed by atoms with Gasteiger partial charge < -0.3 is 10.8 Å². The first-order valence-electron chi connectivity index (χ1n) is 9.66. The van der Waals surface area contributed by atoms with Gasteiger partial charge in [0.05, 0.1) is 6.04 Å². The number of rotatable bonds is 1. The molecule has 0 aromatic rings. The monoisotopic (exact) mass is 304 g/mol. The van der Waals surface area contributed by atoms with Gasteiger partial charge in [0.2, 0.25) is 0 Å². The quantitative estimate of drug-likeness (QED) is 0.779. The number of amidine groups is 1. The van der Waals surface area contributed by atoms with E-state index in [0.717, 1.165) is 25.2 Å². The maximum atomic E-state index is 11.8. The molecule has 0 saturated heterocycles. The fourth-order valence-electron chi connectivity index (χ4n) is 6.41. The van der Waals surface area contributed by atoms with Crippen LogP contribution in [0.3, 0.4) is 0 Å². The second-order valence-electron chi connectivity index (χ2n) is 8.68. The van der Waals surface area contributed by atoms with Gasteiger partial charge >= 0.3 is 0 Å². The SMILES string of the molecule is CC1CCC2N=C(N)C(O)(C3CCCC4CCCCC43)C2C1. The molecule has 1 aliphatic heterocycles. The third-order valence-corrected chi connectivity index (χ3v) is 7.50. The lowest BCUT2D eigenvalue weighted by molar-refractivity contribution is -0.0779. The average Bonchev–Trinajstić information content (AvgIpc) is 2.79. The summed E-state index contributed by atoms with van der Waals surface area (Å²) in [5.41, 5.74) is 5.58. The van der Waals surface area contributed by atoms with Crippen LogP contribution >= 0.6 is 0 Å². The summed E-state index contributed by atoms with van der Waals surface area (Å²) in [6.45, 7) is 2.33. The minimum absolute atomic E-state index is 0.293. The zero-order valence-corrected chi connectivity index (χ0v) is 14.0. The molecule has 0 spiro atoms. The highest BCUT2D eigenvalue weighted by atomic mass is 16.3. The Morgan fingerprint density at radius 1 is 1.00 bits per heavy atom. The van der Waals surface area contributed by atoms with E-state index in [-0.39, 0.29) is 0 Å². The van der Waals surface area contributed by atoms with Crippen LogP contribution in [0.1, 0.15) is 71.1 Å². The molecule has 0 bridgehead atoms. The van der Waals surface area contributed by atoms with Crippen LogP contribution in [0.4, 0.5) is 0 Å². The molecule has 22 heavy (non-hydrogen) atoms. The van der Waals surface area contributed by atoms with Crippen molar-refractivity contribution < 1.29 is 5.11 Å². The van der Waals surface area contributed by atoms with Crippen molar-refractivity contribution in [3.05, 3.63) is 0 Å². The molecule has 1 heterocycles. The van der Waals surface area contributed by atoms with E-state index in [0.29, 0.717) is 35.5 Å². The van der Waals surface area contributed by atoms with Crippen LogP contribution in [0, 0.1) is 29.6 Å². The number of nitrogens with two attached hydrogens (primary N) is 1. The summed E-state index contributed by atoms with van der Waals surface area (Å²) in [6, 6.07) is 0.296. The van der Waals surface area contributed by atoms with Crippen molar-refractivity contribution in [3.63, 3.8) is 0 Å². The Hall–Kier alpha value is -0.570. The van der Waals surface area contributed by atoms with Crippen LogP contribution in [0.25, 0.3) is 0 Å². The van der Waals surface area contributed by atoms with Gasteiger partial charge in [-0.25, -0.2) is 0 Å². The molecule has 4 aliphatic rings. The highest BCUT2D eigenvalue weighted by molar-refractivity contribution is 5.91. The van der Waals surface area contributed by atoms with Gasteiger partial charge in [-0.3, -0.25) is 4.99 Å². The van der Waals surface area contributed by atoms with E-state index in [2.05, 4.69) is 6.92 Å². The fraction of sp³-hybridized carbons (Fsp3) is 0.947. The van der Waals surface area contributed by atoms with Gasteiger partial charge in [0.1, 0.15) is 11.4 Å². The number of aliphatic hydroxyl groups is 1. The predicted octanol–water partition coefficient (Wildman–Crippen LogP) is 3.50. The standard InChI is InChI=1S/C19H32N2O/c1-12-9-10-17-16(11-12)19(22,18(20)21-17)15-8-4-6-13-5-2-3-7-14(13)15/h12-17,22H,2-11H2,1H3,(H2,20,21). The van der Waals surface area contributed by atoms with E-state index in [4.69, 9.17) is 10.7 Å². The highest BCUT2D eigenvalue weighted by Gasteiger charge is 2.58. The molecule has 3 heteroatoms. The number of hydrogen-bond acceptors (Lipinski definition) is 3. The molecule has 3 fully saturated rings. The average molecular weight is 304 g/mol. The molecule has 0 aromatic carbocycles. The van der Waals surface area contributed by atoms with Crippen molar-refractivity contribution in [2.24, 2.45) is 40.3 Å². The maximum absolute atomic E-state index is 11.8. The van der Waals surface area contributed by atoms with Gasteiger partial charge in [-0.15, -0.1) is 0 Å². The molecule has 3 nitrogen and oxygen atoms in total. The van der Waals surface area contributed by atoms with E-state index >= 15 is 0 Å². The Labute approximate surface area is 134 Å². The summed E-state index contributed by atoms with van der Waals surface area (Å²) in [6.07, 6.45) is 12.7. The lowest BCUT2D eigenvalue weighted by Gasteiger charge is -2.50. The summed E-state index contributed by atoms with van der Waals surface area (Å²) < 4.78 is 0. The van der Waals surface area contributed by atoms with Gasteiger partial charge in [-0.1, -0.05) is 39.0 Å². The lowest BCUT2D eigenvalue weighted by atomic mass is 9.56. The third kappa shape index (κ3) is 2.15. The van der Waals surface area contributed by atoms with Crippen LogP contribution in [0.2, 0.25) is 0 Å². The molecule has 3 N–H and O–H groups in total. The predicted molar refractivity (Wildman–Crippen MR) is 89.7 cm³/mol. The van der Waals surface area contributed by atoms with E-state index in [1.165, 1.54) is 44.9 Å². The van der Waals surface area contributed by atoms with Crippen LogP contribution in [-0.4, -0.2) is 22.6 Å². The van der Waals surface area contributed by atoms with Crippen molar-refractivity contribution >= 4 is 5.84 Å². The topological polar surface area (TPSA) is 58.6 Å². The Kier molecular flexibility index (Phi) is 3.75. The second kappa shape index (κ2) is 5.51. The summed E-state index contributed by atoms with van der Waals surface area (Å²) in [5, 5.41) is 11.8. The lowest BCUT2D eigenvalue weighted by Crippen LogP contribution is -2.58. The van der Waals surface area contributed by atoms with E-state index in [1.807, 2.05) is 0 Å². The normalized spacial score (nSPS) is 51.8. The largest absolute Gasteiger partial charge is 0.385 e. The van der Waals surface area contributed by atoms with Crippen molar-refractivity contribution in [2.75, 3.05) is 0 Å². The van der Waals surface area contributed by atoms with Crippen LogP contribution < -0.4 is 5.73 Å². The van der Waals surface area contributed by atoms with Gasteiger partial charge in [-0.2, -0.15) is 0 Å². The van der Waals surface area contributed by atoms with E-state index < -0.39 is 5.60 Å². The van der Waals surface area contributed by atoms with Crippen LogP contribution in [0.5, 0.6) is 0 Å². The Morgan fingerprint density at radius 3 is 2.64 bits per heavy atom. The molecule has 0 amide bonds. The van der Waals surface area contributed by atoms with Crippen LogP contribution in [-0.2, 0) is 0 Å². The Balaban J connectivity index is 1.65.